The molecule has 0 radical (unpaired) electrons. The largest absolute Gasteiger partial charge is 0.481 e. The fourth-order valence-corrected chi connectivity index (χ4v) is 4.19. The summed E-state index contributed by atoms with van der Waals surface area (Å²) in [6.07, 6.45) is 4.71. The topological polar surface area (TPSA) is 128 Å². The molecule has 184 valence electrons. The van der Waals surface area contributed by atoms with Crippen molar-refractivity contribution in [3.8, 4) is 39.0 Å². The Morgan fingerprint density at radius 3 is 2.67 bits per heavy atom. The molecule has 0 bridgehead atoms. The van der Waals surface area contributed by atoms with Gasteiger partial charge in [-0.25, -0.2) is 24.5 Å². The summed E-state index contributed by atoms with van der Waals surface area (Å²) in [5, 5.41) is 7.98. The minimum absolute atomic E-state index is 0.260. The number of anilines is 1. The monoisotopic (exact) mass is 504 g/mol. The van der Waals surface area contributed by atoms with Crippen molar-refractivity contribution < 1.29 is 19.1 Å². The van der Waals surface area contributed by atoms with Crippen molar-refractivity contribution in [1.29, 1.82) is 0 Å². The maximum Gasteiger partial charge on any atom is 0.339 e. The van der Waals surface area contributed by atoms with E-state index in [1.54, 1.807) is 44.6 Å². The Morgan fingerprint density at radius 1 is 1.03 bits per heavy atom. The predicted molar refractivity (Wildman–Crippen MR) is 137 cm³/mol. The Morgan fingerprint density at radius 2 is 1.89 bits per heavy atom. The number of carbonyl (C=O) groups excluding carboxylic acids is 2. The number of urea groups is 1. The summed E-state index contributed by atoms with van der Waals surface area (Å²) in [5.41, 5.74) is 3.72. The predicted octanol–water partition coefficient (Wildman–Crippen LogP) is 4.66. The van der Waals surface area contributed by atoms with Crippen LogP contribution in [0.5, 0.6) is 5.88 Å². The highest BCUT2D eigenvalue weighted by molar-refractivity contribution is 7.13. The zero-order valence-corrected chi connectivity index (χ0v) is 20.8. The summed E-state index contributed by atoms with van der Waals surface area (Å²) in [6, 6.07) is 8.53. The number of aromatic nitrogens is 4. The van der Waals surface area contributed by atoms with Crippen LogP contribution in [0, 0.1) is 0 Å². The molecule has 11 heteroatoms. The second-order valence-corrected chi connectivity index (χ2v) is 8.24. The van der Waals surface area contributed by atoms with Crippen molar-refractivity contribution in [2.24, 2.45) is 0 Å². The van der Waals surface area contributed by atoms with Gasteiger partial charge < -0.3 is 14.8 Å². The molecule has 4 heterocycles. The third-order valence-electron chi connectivity index (χ3n) is 4.97. The molecule has 4 aromatic rings. The lowest BCUT2D eigenvalue weighted by Gasteiger charge is -2.11. The number of rotatable bonds is 8. The first-order chi connectivity index (χ1) is 17.5. The molecule has 4 aromatic heterocycles. The summed E-state index contributed by atoms with van der Waals surface area (Å²) in [6.45, 7) is 4.31. The number of esters is 1. The van der Waals surface area contributed by atoms with Crippen molar-refractivity contribution in [1.82, 2.24) is 25.3 Å². The molecule has 10 nitrogen and oxygen atoms in total. The van der Waals surface area contributed by atoms with E-state index in [-0.39, 0.29) is 12.6 Å². The number of methoxy groups -OCH3 is 1. The average molecular weight is 505 g/mol. The number of ether oxygens (including phenoxy) is 2. The number of thiazole rings is 1. The minimum atomic E-state index is -0.462. The van der Waals surface area contributed by atoms with Gasteiger partial charge in [-0.3, -0.25) is 10.3 Å². The van der Waals surface area contributed by atoms with Gasteiger partial charge in [-0.15, -0.1) is 11.3 Å². The van der Waals surface area contributed by atoms with Gasteiger partial charge in [0.25, 0.3) is 0 Å². The van der Waals surface area contributed by atoms with Crippen LogP contribution < -0.4 is 15.4 Å². The van der Waals surface area contributed by atoms with Crippen molar-refractivity contribution in [3.05, 3.63) is 59.9 Å². The second kappa shape index (κ2) is 11.4. The van der Waals surface area contributed by atoms with E-state index in [2.05, 4.69) is 25.6 Å². The Bertz CT molecular complexity index is 1390. The van der Waals surface area contributed by atoms with Crippen LogP contribution in [0.1, 0.15) is 24.2 Å². The van der Waals surface area contributed by atoms with Gasteiger partial charge in [-0.1, -0.05) is 6.07 Å². The van der Waals surface area contributed by atoms with E-state index < -0.39 is 5.97 Å². The van der Waals surface area contributed by atoms with Crippen molar-refractivity contribution in [2.45, 2.75) is 13.8 Å². The van der Waals surface area contributed by atoms with Crippen LogP contribution in [0.25, 0.3) is 33.1 Å². The Labute approximate surface area is 211 Å². The van der Waals surface area contributed by atoms with Gasteiger partial charge in [-0.05, 0) is 32.0 Å². The Hall–Kier alpha value is -4.38. The van der Waals surface area contributed by atoms with Gasteiger partial charge in [0.15, 0.2) is 0 Å². The quantitative estimate of drug-likeness (QED) is 0.332. The number of carbonyl (C=O) groups is 2. The highest BCUT2D eigenvalue weighted by Crippen LogP contribution is 2.36. The van der Waals surface area contributed by atoms with Gasteiger partial charge in [0, 0.05) is 53.3 Å². The molecule has 0 saturated heterocycles. The molecular weight excluding hydrogens is 480 g/mol. The first-order valence-electron chi connectivity index (χ1n) is 11.2. The summed E-state index contributed by atoms with van der Waals surface area (Å²) in [7, 11) is 1.56. The fourth-order valence-electron chi connectivity index (χ4n) is 3.35. The van der Waals surface area contributed by atoms with Gasteiger partial charge in [0.1, 0.15) is 16.5 Å². The number of pyridine rings is 3. The molecule has 0 fully saturated rings. The van der Waals surface area contributed by atoms with Crippen LogP contribution in [-0.4, -0.2) is 52.2 Å². The zero-order valence-electron chi connectivity index (χ0n) is 19.9. The van der Waals surface area contributed by atoms with E-state index in [9.17, 15) is 9.59 Å². The number of nitrogens with zero attached hydrogens (tertiary/aromatic N) is 4. The maximum atomic E-state index is 12.3. The molecule has 0 unspecified atom stereocenters. The lowest BCUT2D eigenvalue weighted by atomic mass is 10.0. The molecule has 0 aliphatic heterocycles. The Kier molecular flexibility index (Phi) is 7.81. The molecule has 4 rings (SSSR count). The third-order valence-corrected chi connectivity index (χ3v) is 5.85. The Balaban J connectivity index is 1.78. The highest BCUT2D eigenvalue weighted by atomic mass is 32.1. The minimum Gasteiger partial charge on any atom is -0.481 e. The molecule has 0 saturated carbocycles. The van der Waals surface area contributed by atoms with Gasteiger partial charge in [-0.2, -0.15) is 0 Å². The van der Waals surface area contributed by atoms with E-state index in [1.165, 1.54) is 17.5 Å². The van der Waals surface area contributed by atoms with E-state index >= 15 is 0 Å². The number of hydrogen-bond donors (Lipinski definition) is 2. The van der Waals surface area contributed by atoms with Crippen LogP contribution in [0.2, 0.25) is 0 Å². The normalized spacial score (nSPS) is 10.5. The van der Waals surface area contributed by atoms with E-state index in [4.69, 9.17) is 14.5 Å². The van der Waals surface area contributed by atoms with Crippen molar-refractivity contribution in [2.75, 3.05) is 25.6 Å². The van der Waals surface area contributed by atoms with Crippen LogP contribution >= 0.6 is 11.3 Å². The van der Waals surface area contributed by atoms with E-state index in [0.717, 1.165) is 0 Å². The summed E-state index contributed by atoms with van der Waals surface area (Å²) in [4.78, 5) is 42.2. The molecule has 0 atom stereocenters. The van der Waals surface area contributed by atoms with Crippen LogP contribution in [0.3, 0.4) is 0 Å². The zero-order chi connectivity index (χ0) is 25.5. The standard InChI is InChI=1S/C25H24N6O4S/c1-4-27-25(33)31-21-10-17(23-30-20(14-36-23)19-7-6-8-22(29-19)34-3)18(13-28-21)15-9-16(12-26-11-15)24(32)35-5-2/h6-14H,4-5H2,1-3H3,(H2,27,28,31,33). The highest BCUT2D eigenvalue weighted by Gasteiger charge is 2.17. The van der Waals surface area contributed by atoms with E-state index in [0.29, 0.717) is 56.9 Å². The van der Waals surface area contributed by atoms with E-state index in [1.807, 2.05) is 24.4 Å². The first kappa shape index (κ1) is 24.7. The molecule has 36 heavy (non-hydrogen) atoms. The molecule has 0 aliphatic carbocycles. The molecule has 0 spiro atoms. The molecular formula is C25H24N6O4S. The average Bonchev–Trinajstić information content (AvgIpc) is 3.39. The first-order valence-corrected chi connectivity index (χ1v) is 12.0. The lowest BCUT2D eigenvalue weighted by Crippen LogP contribution is -2.28. The summed E-state index contributed by atoms with van der Waals surface area (Å²) in [5.74, 6) is 0.379. The van der Waals surface area contributed by atoms with Crippen molar-refractivity contribution in [3.63, 3.8) is 0 Å². The van der Waals surface area contributed by atoms with Gasteiger partial charge in [0.2, 0.25) is 5.88 Å². The molecule has 0 aromatic carbocycles. The lowest BCUT2D eigenvalue weighted by molar-refractivity contribution is 0.0526. The smallest absolute Gasteiger partial charge is 0.339 e. The molecule has 0 aliphatic rings. The second-order valence-electron chi connectivity index (χ2n) is 7.39. The third kappa shape index (κ3) is 5.63. The maximum absolute atomic E-state index is 12.3. The summed E-state index contributed by atoms with van der Waals surface area (Å²) >= 11 is 1.42. The van der Waals surface area contributed by atoms with Crippen molar-refractivity contribution >= 4 is 29.2 Å². The summed E-state index contributed by atoms with van der Waals surface area (Å²) < 4.78 is 10.3. The number of hydrogen-bond acceptors (Lipinski definition) is 9. The number of nitrogens with one attached hydrogen (secondary N) is 2. The van der Waals surface area contributed by atoms with Gasteiger partial charge in [0.05, 0.1) is 25.0 Å². The number of amides is 2. The fraction of sp³-hybridized carbons (Fsp3) is 0.200. The molecule has 2 amide bonds. The van der Waals surface area contributed by atoms with Crippen LogP contribution in [-0.2, 0) is 4.74 Å². The van der Waals surface area contributed by atoms with Crippen LogP contribution in [0.15, 0.2) is 54.3 Å². The molecule has 2 N–H and O–H groups in total. The van der Waals surface area contributed by atoms with Crippen LogP contribution in [0.4, 0.5) is 10.6 Å². The SMILES string of the molecule is CCNC(=O)Nc1cc(-c2nc(-c3cccc(OC)n3)cs2)c(-c2cncc(C(=O)OCC)c2)cn1. The van der Waals surface area contributed by atoms with Gasteiger partial charge >= 0.3 is 12.0 Å².